The van der Waals surface area contributed by atoms with Gasteiger partial charge in [-0.3, -0.25) is 14.4 Å². The molecule has 0 atom stereocenters. The quantitative estimate of drug-likeness (QED) is 0.688. The van der Waals surface area contributed by atoms with Crippen molar-refractivity contribution in [1.82, 2.24) is 0 Å². The van der Waals surface area contributed by atoms with Crippen LogP contribution in [-0.4, -0.2) is 34.9 Å². The highest BCUT2D eigenvalue weighted by Gasteiger charge is 2.31. The van der Waals surface area contributed by atoms with Crippen molar-refractivity contribution in [2.45, 2.75) is 19.3 Å². The number of halogens is 2. The highest BCUT2D eigenvalue weighted by atomic mass is 79.9. The average Bonchev–Trinajstić information content (AvgIpc) is 2.64. The number of carbonyl (C=O) groups is 3. The van der Waals surface area contributed by atoms with E-state index in [1.165, 1.54) is 4.90 Å². The number of benzene rings is 1. The summed E-state index contributed by atoms with van der Waals surface area (Å²) >= 11 is 6.48. The Hall–Kier alpha value is -1.21. The van der Waals surface area contributed by atoms with Crippen LogP contribution in [-0.2, 0) is 14.4 Å². The van der Waals surface area contributed by atoms with Crippen molar-refractivity contribution in [3.05, 3.63) is 24.3 Å². The molecular formula is C15H16Br2N2O3. The molecule has 1 aromatic carbocycles. The zero-order valence-electron chi connectivity index (χ0n) is 11.9. The number of nitrogens with zero attached hydrogens (tertiary/aromatic N) is 2. The fourth-order valence-electron chi connectivity index (χ4n) is 2.40. The molecule has 118 valence electrons. The van der Waals surface area contributed by atoms with E-state index in [0.717, 1.165) is 0 Å². The first kappa shape index (κ1) is 17.1. The molecule has 0 unspecified atom stereocenters. The zero-order chi connectivity index (χ0) is 16.1. The second-order valence-electron chi connectivity index (χ2n) is 4.78. The van der Waals surface area contributed by atoms with Gasteiger partial charge in [0.2, 0.25) is 17.7 Å². The number of amides is 3. The summed E-state index contributed by atoms with van der Waals surface area (Å²) in [5, 5.41) is 1.05. The maximum atomic E-state index is 12.4. The molecule has 1 aromatic rings. The van der Waals surface area contributed by atoms with E-state index in [1.54, 1.807) is 29.2 Å². The van der Waals surface area contributed by atoms with Crippen molar-refractivity contribution >= 4 is 61.0 Å². The third kappa shape index (κ3) is 3.57. The zero-order valence-corrected chi connectivity index (χ0v) is 15.1. The number of hydrogen-bond donors (Lipinski definition) is 0. The van der Waals surface area contributed by atoms with Crippen LogP contribution < -0.4 is 9.80 Å². The van der Waals surface area contributed by atoms with Crippen LogP contribution in [0.4, 0.5) is 11.4 Å². The van der Waals surface area contributed by atoms with Gasteiger partial charge in [0.15, 0.2) is 0 Å². The lowest BCUT2D eigenvalue weighted by Gasteiger charge is -2.24. The van der Waals surface area contributed by atoms with E-state index in [-0.39, 0.29) is 30.6 Å². The Kier molecular flexibility index (Phi) is 6.14. The normalized spacial score (nSPS) is 14.5. The predicted octanol–water partition coefficient (Wildman–Crippen LogP) is 2.85. The third-order valence-corrected chi connectivity index (χ3v) is 4.17. The van der Waals surface area contributed by atoms with E-state index in [1.807, 2.05) is 0 Å². The van der Waals surface area contributed by atoms with Crippen molar-refractivity contribution in [1.29, 1.82) is 0 Å². The van der Waals surface area contributed by atoms with Gasteiger partial charge in [-0.1, -0.05) is 44.0 Å². The number of fused-ring (bicyclic) bond motifs is 1. The Labute approximate surface area is 145 Å². The Morgan fingerprint density at radius 1 is 1.00 bits per heavy atom. The Bertz CT molecular complexity index is 592. The van der Waals surface area contributed by atoms with Crippen molar-refractivity contribution in [2.75, 3.05) is 27.0 Å². The molecule has 0 saturated carbocycles. The summed E-state index contributed by atoms with van der Waals surface area (Å²) in [4.78, 5) is 39.7. The molecule has 7 heteroatoms. The molecule has 1 aliphatic heterocycles. The molecular weight excluding hydrogens is 416 g/mol. The van der Waals surface area contributed by atoms with Gasteiger partial charge in [0, 0.05) is 36.5 Å². The maximum absolute atomic E-state index is 12.4. The Morgan fingerprint density at radius 3 is 2.23 bits per heavy atom. The molecule has 0 radical (unpaired) electrons. The highest BCUT2D eigenvalue weighted by Crippen LogP contribution is 2.33. The fourth-order valence-corrected chi connectivity index (χ4v) is 3.07. The summed E-state index contributed by atoms with van der Waals surface area (Å²) < 4.78 is 0. The molecule has 22 heavy (non-hydrogen) atoms. The first-order valence-corrected chi connectivity index (χ1v) is 9.21. The monoisotopic (exact) mass is 430 g/mol. The van der Waals surface area contributed by atoms with Gasteiger partial charge in [0.1, 0.15) is 0 Å². The van der Waals surface area contributed by atoms with Crippen LogP contribution in [0.25, 0.3) is 0 Å². The molecule has 1 heterocycles. The summed E-state index contributed by atoms with van der Waals surface area (Å²) in [5.74, 6) is -0.594. The lowest BCUT2D eigenvalue weighted by molar-refractivity contribution is -0.126. The number of alkyl halides is 2. The van der Waals surface area contributed by atoms with Crippen LogP contribution in [0.3, 0.4) is 0 Å². The Morgan fingerprint density at radius 2 is 1.59 bits per heavy atom. The summed E-state index contributed by atoms with van der Waals surface area (Å²) in [6, 6.07) is 7.04. The molecule has 1 aliphatic rings. The van der Waals surface area contributed by atoms with Crippen molar-refractivity contribution in [3.8, 4) is 0 Å². The number of anilines is 2. The number of rotatable bonds is 4. The maximum Gasteiger partial charge on any atom is 0.235 e. The molecule has 0 N–H and O–H groups in total. The van der Waals surface area contributed by atoms with Gasteiger partial charge >= 0.3 is 0 Å². The predicted molar refractivity (Wildman–Crippen MR) is 92.7 cm³/mol. The van der Waals surface area contributed by atoms with Crippen LogP contribution in [0, 0.1) is 0 Å². The highest BCUT2D eigenvalue weighted by molar-refractivity contribution is 9.09. The van der Waals surface area contributed by atoms with Crippen LogP contribution in [0.5, 0.6) is 0 Å². The van der Waals surface area contributed by atoms with Gasteiger partial charge in [0.25, 0.3) is 0 Å². The Balaban J connectivity index is 2.45. The van der Waals surface area contributed by atoms with E-state index in [9.17, 15) is 14.4 Å². The summed E-state index contributed by atoms with van der Waals surface area (Å²) in [6.45, 7) is 0.291. The van der Waals surface area contributed by atoms with Crippen LogP contribution in [0.1, 0.15) is 19.3 Å². The first-order chi connectivity index (χ1) is 10.6. The minimum absolute atomic E-state index is 0.0630. The summed E-state index contributed by atoms with van der Waals surface area (Å²) in [6.07, 6.45) is 0.712. The molecule has 0 aliphatic carbocycles. The molecule has 0 fully saturated rings. The topological polar surface area (TPSA) is 57.7 Å². The van der Waals surface area contributed by atoms with E-state index >= 15 is 0 Å². The van der Waals surface area contributed by atoms with Gasteiger partial charge < -0.3 is 4.90 Å². The number of hydrogen-bond acceptors (Lipinski definition) is 3. The van der Waals surface area contributed by atoms with Gasteiger partial charge in [-0.25, -0.2) is 4.90 Å². The van der Waals surface area contributed by atoms with E-state index in [2.05, 4.69) is 31.9 Å². The van der Waals surface area contributed by atoms with Gasteiger partial charge in [0.05, 0.1) is 11.4 Å². The van der Waals surface area contributed by atoms with E-state index in [4.69, 9.17) is 0 Å². The minimum Gasteiger partial charge on any atom is -0.310 e. The summed E-state index contributed by atoms with van der Waals surface area (Å²) in [5.41, 5.74) is 1.10. The standard InChI is InChI=1S/C15H16Br2N2O3/c16-8-5-13(20)18-10-7-15(22)19(14(21)6-9-17)12-4-2-1-3-11(12)18/h1-4H,5-10H2. The molecule has 0 aromatic heterocycles. The number of imide groups is 1. The first-order valence-electron chi connectivity index (χ1n) is 6.97. The van der Waals surface area contributed by atoms with Crippen molar-refractivity contribution < 1.29 is 14.4 Å². The average molecular weight is 432 g/mol. The van der Waals surface area contributed by atoms with Crippen LogP contribution in [0.2, 0.25) is 0 Å². The molecule has 0 spiro atoms. The second kappa shape index (κ2) is 7.87. The number of carbonyl (C=O) groups excluding carboxylic acids is 3. The molecule has 2 rings (SSSR count). The van der Waals surface area contributed by atoms with Crippen molar-refractivity contribution in [2.24, 2.45) is 0 Å². The lowest BCUT2D eigenvalue weighted by atomic mass is 10.2. The fraction of sp³-hybridized carbons (Fsp3) is 0.400. The molecule has 5 nitrogen and oxygen atoms in total. The molecule has 0 saturated heterocycles. The van der Waals surface area contributed by atoms with Gasteiger partial charge in [-0.2, -0.15) is 0 Å². The number of para-hydroxylation sites is 2. The summed E-state index contributed by atoms with van der Waals surface area (Å²) in [7, 11) is 0. The smallest absolute Gasteiger partial charge is 0.235 e. The molecule has 0 bridgehead atoms. The van der Waals surface area contributed by atoms with Gasteiger partial charge in [-0.15, -0.1) is 0 Å². The van der Waals surface area contributed by atoms with E-state index < -0.39 is 0 Å². The third-order valence-electron chi connectivity index (χ3n) is 3.38. The van der Waals surface area contributed by atoms with Crippen LogP contribution >= 0.6 is 31.9 Å². The lowest BCUT2D eigenvalue weighted by Crippen LogP contribution is -2.36. The molecule has 3 amide bonds. The van der Waals surface area contributed by atoms with E-state index in [0.29, 0.717) is 35.0 Å². The second-order valence-corrected chi connectivity index (χ2v) is 6.37. The van der Waals surface area contributed by atoms with Gasteiger partial charge in [-0.05, 0) is 12.1 Å². The van der Waals surface area contributed by atoms with Crippen LogP contribution in [0.15, 0.2) is 24.3 Å². The SMILES string of the molecule is O=C(CCBr)N1CCC(=O)N(C(=O)CCBr)c2ccccc21. The van der Waals surface area contributed by atoms with Crippen molar-refractivity contribution in [3.63, 3.8) is 0 Å². The minimum atomic E-state index is -0.271. The largest absolute Gasteiger partial charge is 0.310 e.